The Hall–Kier alpha value is -1.77. The molecule has 2 aromatic rings. The van der Waals surface area contributed by atoms with Gasteiger partial charge in [-0.25, -0.2) is 4.98 Å². The molecular weight excluding hydrogens is 152 g/mol. The zero-order chi connectivity index (χ0) is 8.55. The normalized spacial score (nSPS) is 10.3. The topological polar surface area (TPSA) is 59.1 Å². The first-order valence-electron chi connectivity index (χ1n) is 3.61. The summed E-state index contributed by atoms with van der Waals surface area (Å²) in [6.07, 6.45) is 0. The smallest absolute Gasteiger partial charge is 0.124 e. The van der Waals surface area contributed by atoms with Crippen molar-refractivity contribution in [2.24, 2.45) is 0 Å². The maximum Gasteiger partial charge on any atom is 0.124 e. The van der Waals surface area contributed by atoms with Gasteiger partial charge < -0.3 is 10.8 Å². The molecule has 0 aliphatic rings. The lowest BCUT2D eigenvalue weighted by molar-refractivity contribution is 0.476. The molecule has 0 saturated carbocycles. The summed E-state index contributed by atoms with van der Waals surface area (Å²) in [5.74, 6) is 0.738. The van der Waals surface area contributed by atoms with Crippen LogP contribution >= 0.6 is 0 Å². The number of hydrogen-bond acceptors (Lipinski definition) is 3. The van der Waals surface area contributed by atoms with Crippen molar-refractivity contribution in [1.29, 1.82) is 0 Å². The fourth-order valence-electron chi connectivity index (χ4n) is 1.13. The van der Waals surface area contributed by atoms with Crippen LogP contribution in [-0.4, -0.2) is 10.1 Å². The first-order chi connectivity index (χ1) is 5.75. The molecule has 1 aromatic heterocycles. The summed E-state index contributed by atoms with van der Waals surface area (Å²) >= 11 is 0. The van der Waals surface area contributed by atoms with Crippen molar-refractivity contribution in [3.63, 3.8) is 0 Å². The molecule has 0 fully saturated rings. The molecule has 2 rings (SSSR count). The van der Waals surface area contributed by atoms with E-state index in [0.717, 1.165) is 10.9 Å². The number of phenolic OH excluding ortho intramolecular Hbond substituents is 1. The Morgan fingerprint density at radius 3 is 2.83 bits per heavy atom. The number of aromatic nitrogens is 1. The minimum absolute atomic E-state index is 0.245. The highest BCUT2D eigenvalue weighted by Crippen LogP contribution is 2.18. The SMILES string of the molecule is Nc1ccc2cc(O)ccc2n1. The monoisotopic (exact) mass is 160 g/mol. The standard InChI is InChI=1S/C9H8N2O/c10-9-4-1-6-5-7(12)2-3-8(6)11-9/h1-5,12H,(H2,10,11). The predicted octanol–water partition coefficient (Wildman–Crippen LogP) is 1.52. The number of fused-ring (bicyclic) bond motifs is 1. The van der Waals surface area contributed by atoms with Gasteiger partial charge in [-0.05, 0) is 30.3 Å². The van der Waals surface area contributed by atoms with E-state index in [2.05, 4.69) is 4.98 Å². The fraction of sp³-hybridized carbons (Fsp3) is 0. The van der Waals surface area contributed by atoms with Crippen LogP contribution in [0.5, 0.6) is 5.75 Å². The molecule has 60 valence electrons. The molecule has 0 bridgehead atoms. The third-order valence-corrected chi connectivity index (χ3v) is 1.69. The Morgan fingerprint density at radius 1 is 1.17 bits per heavy atom. The molecule has 0 aliphatic heterocycles. The van der Waals surface area contributed by atoms with Crippen molar-refractivity contribution in [1.82, 2.24) is 4.98 Å². The van der Waals surface area contributed by atoms with Gasteiger partial charge in [0.05, 0.1) is 5.52 Å². The van der Waals surface area contributed by atoms with Crippen molar-refractivity contribution in [3.8, 4) is 5.75 Å². The van der Waals surface area contributed by atoms with E-state index >= 15 is 0 Å². The summed E-state index contributed by atoms with van der Waals surface area (Å²) in [4.78, 5) is 4.08. The number of rotatable bonds is 0. The second kappa shape index (κ2) is 2.37. The van der Waals surface area contributed by atoms with Gasteiger partial charge in [0.1, 0.15) is 11.6 Å². The minimum Gasteiger partial charge on any atom is -0.508 e. The number of nitrogen functional groups attached to an aromatic ring is 1. The summed E-state index contributed by atoms with van der Waals surface area (Å²) < 4.78 is 0. The number of aromatic hydroxyl groups is 1. The second-order valence-electron chi connectivity index (χ2n) is 2.61. The number of phenols is 1. The average Bonchev–Trinajstić information content (AvgIpc) is 2.05. The summed E-state index contributed by atoms with van der Waals surface area (Å²) in [6, 6.07) is 8.52. The molecule has 1 aromatic carbocycles. The van der Waals surface area contributed by atoms with Gasteiger partial charge in [-0.1, -0.05) is 0 Å². The van der Waals surface area contributed by atoms with Gasteiger partial charge in [0.25, 0.3) is 0 Å². The molecular formula is C9H8N2O. The van der Waals surface area contributed by atoms with E-state index in [1.807, 2.05) is 6.07 Å². The molecule has 0 saturated heterocycles. The van der Waals surface area contributed by atoms with E-state index in [0.29, 0.717) is 5.82 Å². The predicted molar refractivity (Wildman–Crippen MR) is 47.8 cm³/mol. The minimum atomic E-state index is 0.245. The van der Waals surface area contributed by atoms with Crippen LogP contribution in [0.4, 0.5) is 5.82 Å². The number of nitrogens with two attached hydrogens (primary N) is 1. The fourth-order valence-corrected chi connectivity index (χ4v) is 1.13. The van der Waals surface area contributed by atoms with Gasteiger partial charge in [0.15, 0.2) is 0 Å². The van der Waals surface area contributed by atoms with Crippen LogP contribution in [0.2, 0.25) is 0 Å². The largest absolute Gasteiger partial charge is 0.508 e. The number of nitrogens with zero attached hydrogens (tertiary/aromatic N) is 1. The molecule has 1 heterocycles. The Bertz CT molecular complexity index is 385. The first kappa shape index (κ1) is 6.91. The summed E-state index contributed by atoms with van der Waals surface area (Å²) in [7, 11) is 0. The third-order valence-electron chi connectivity index (χ3n) is 1.69. The molecule has 3 nitrogen and oxygen atoms in total. The van der Waals surface area contributed by atoms with E-state index in [1.165, 1.54) is 0 Å². The number of benzene rings is 1. The molecule has 3 N–H and O–H groups in total. The van der Waals surface area contributed by atoms with Gasteiger partial charge >= 0.3 is 0 Å². The summed E-state index contributed by atoms with van der Waals surface area (Å²) in [6.45, 7) is 0. The first-order valence-corrected chi connectivity index (χ1v) is 3.61. The van der Waals surface area contributed by atoms with Crippen molar-refractivity contribution < 1.29 is 5.11 Å². The maximum atomic E-state index is 9.14. The molecule has 0 spiro atoms. The number of anilines is 1. The average molecular weight is 160 g/mol. The molecule has 12 heavy (non-hydrogen) atoms. The van der Waals surface area contributed by atoms with Gasteiger partial charge in [-0.15, -0.1) is 0 Å². The molecule has 0 atom stereocenters. The van der Waals surface area contributed by atoms with E-state index in [-0.39, 0.29) is 5.75 Å². The van der Waals surface area contributed by atoms with Gasteiger partial charge in [-0.3, -0.25) is 0 Å². The van der Waals surface area contributed by atoms with Crippen LogP contribution in [-0.2, 0) is 0 Å². The Labute approximate surface area is 69.5 Å². The maximum absolute atomic E-state index is 9.14. The Morgan fingerprint density at radius 2 is 2.00 bits per heavy atom. The van der Waals surface area contributed by atoms with Gasteiger partial charge in [0, 0.05) is 5.39 Å². The third kappa shape index (κ3) is 1.05. The lowest BCUT2D eigenvalue weighted by Gasteiger charge is -1.98. The van der Waals surface area contributed by atoms with Crippen LogP contribution in [0.1, 0.15) is 0 Å². The number of pyridine rings is 1. The van der Waals surface area contributed by atoms with Crippen molar-refractivity contribution in [2.75, 3.05) is 5.73 Å². The van der Waals surface area contributed by atoms with Crippen LogP contribution < -0.4 is 5.73 Å². The van der Waals surface area contributed by atoms with Crippen molar-refractivity contribution in [2.45, 2.75) is 0 Å². The molecule has 0 aliphatic carbocycles. The van der Waals surface area contributed by atoms with Gasteiger partial charge in [0.2, 0.25) is 0 Å². The second-order valence-corrected chi connectivity index (χ2v) is 2.61. The zero-order valence-electron chi connectivity index (χ0n) is 6.36. The highest BCUT2D eigenvalue weighted by Gasteiger charge is 1.95. The molecule has 3 heteroatoms. The van der Waals surface area contributed by atoms with E-state index in [1.54, 1.807) is 24.3 Å². The van der Waals surface area contributed by atoms with Crippen molar-refractivity contribution in [3.05, 3.63) is 30.3 Å². The van der Waals surface area contributed by atoms with Crippen molar-refractivity contribution >= 4 is 16.7 Å². The number of hydrogen-bond donors (Lipinski definition) is 2. The van der Waals surface area contributed by atoms with Crippen LogP contribution in [0, 0.1) is 0 Å². The highest BCUT2D eigenvalue weighted by molar-refractivity contribution is 5.81. The lowest BCUT2D eigenvalue weighted by Crippen LogP contribution is -1.88. The highest BCUT2D eigenvalue weighted by atomic mass is 16.3. The molecule has 0 unspecified atom stereocenters. The summed E-state index contributed by atoms with van der Waals surface area (Å²) in [5, 5.41) is 10.0. The Balaban J connectivity index is 2.79. The van der Waals surface area contributed by atoms with E-state index < -0.39 is 0 Å². The van der Waals surface area contributed by atoms with E-state index in [9.17, 15) is 0 Å². The lowest BCUT2D eigenvalue weighted by atomic mass is 10.2. The Kier molecular flexibility index (Phi) is 1.37. The van der Waals surface area contributed by atoms with Gasteiger partial charge in [-0.2, -0.15) is 0 Å². The quantitative estimate of drug-likeness (QED) is 0.614. The molecule has 0 amide bonds. The van der Waals surface area contributed by atoms with Crippen LogP contribution in [0.15, 0.2) is 30.3 Å². The zero-order valence-corrected chi connectivity index (χ0v) is 6.36. The van der Waals surface area contributed by atoms with E-state index in [4.69, 9.17) is 10.8 Å². The van der Waals surface area contributed by atoms with Crippen LogP contribution in [0.25, 0.3) is 10.9 Å². The molecule has 0 radical (unpaired) electrons. The summed E-state index contributed by atoms with van der Waals surface area (Å²) in [5.41, 5.74) is 6.29. The van der Waals surface area contributed by atoms with Crippen LogP contribution in [0.3, 0.4) is 0 Å².